The number of carbonyl (C=O) groups excluding carboxylic acids is 2. The molecule has 0 aliphatic carbocycles. The van der Waals surface area contributed by atoms with Crippen LogP contribution in [0.2, 0.25) is 0 Å². The lowest BCUT2D eigenvalue weighted by Gasteiger charge is -2.37. The van der Waals surface area contributed by atoms with E-state index in [4.69, 9.17) is 19.4 Å². The number of nitrogens with zero attached hydrogens (tertiary/aromatic N) is 6. The predicted octanol–water partition coefficient (Wildman–Crippen LogP) is 5.04. The van der Waals surface area contributed by atoms with Gasteiger partial charge in [-0.2, -0.15) is 9.97 Å². The van der Waals surface area contributed by atoms with Crippen LogP contribution in [0.25, 0.3) is 0 Å². The van der Waals surface area contributed by atoms with E-state index in [1.165, 1.54) is 5.56 Å². The molecule has 3 aromatic rings. The van der Waals surface area contributed by atoms with Gasteiger partial charge in [0.2, 0.25) is 5.95 Å². The highest BCUT2D eigenvalue weighted by Crippen LogP contribution is 2.26. The van der Waals surface area contributed by atoms with Gasteiger partial charge in [-0.05, 0) is 45.4 Å². The van der Waals surface area contributed by atoms with Crippen LogP contribution in [-0.2, 0) is 16.1 Å². The van der Waals surface area contributed by atoms with Crippen molar-refractivity contribution in [3.05, 3.63) is 71.8 Å². The third-order valence-electron chi connectivity index (χ3n) is 7.31. The second-order valence-electron chi connectivity index (χ2n) is 11.9. The molecular formula is C32H41N7O4. The molecule has 3 heterocycles. The highest BCUT2D eigenvalue weighted by molar-refractivity contribution is 5.69. The second-order valence-corrected chi connectivity index (χ2v) is 11.9. The number of benzene rings is 2. The van der Waals surface area contributed by atoms with Crippen LogP contribution in [0.5, 0.6) is 0 Å². The molecule has 43 heavy (non-hydrogen) atoms. The Morgan fingerprint density at radius 2 is 1.40 bits per heavy atom. The van der Waals surface area contributed by atoms with E-state index in [-0.39, 0.29) is 18.8 Å². The molecule has 2 fully saturated rings. The summed E-state index contributed by atoms with van der Waals surface area (Å²) < 4.78 is 11.1. The fraction of sp³-hybridized carbons (Fsp3) is 0.438. The van der Waals surface area contributed by atoms with E-state index in [1.54, 1.807) is 9.80 Å². The number of aromatic nitrogens is 2. The summed E-state index contributed by atoms with van der Waals surface area (Å²) >= 11 is 0. The molecule has 2 aliphatic rings. The molecule has 2 amide bonds. The Hall–Kier alpha value is -4.54. The number of nitrogens with one attached hydrogen (secondary N) is 1. The molecule has 1 N–H and O–H groups in total. The maximum absolute atomic E-state index is 12.7. The Labute approximate surface area is 253 Å². The van der Waals surface area contributed by atoms with Gasteiger partial charge in [0.25, 0.3) is 0 Å². The van der Waals surface area contributed by atoms with Crippen LogP contribution in [0.1, 0.15) is 31.9 Å². The molecular weight excluding hydrogens is 546 g/mol. The first kappa shape index (κ1) is 29.9. The van der Waals surface area contributed by atoms with Crippen molar-refractivity contribution in [1.82, 2.24) is 19.8 Å². The van der Waals surface area contributed by atoms with E-state index in [1.807, 2.05) is 69.3 Å². The minimum absolute atomic E-state index is 0.254. The number of anilines is 4. The molecule has 11 nitrogen and oxygen atoms in total. The summed E-state index contributed by atoms with van der Waals surface area (Å²) in [5.41, 5.74) is 2.54. The fourth-order valence-corrected chi connectivity index (χ4v) is 4.92. The highest BCUT2D eigenvalue weighted by Gasteiger charge is 2.28. The minimum atomic E-state index is -0.537. The predicted molar refractivity (Wildman–Crippen MR) is 167 cm³/mol. The molecule has 0 unspecified atom stereocenters. The lowest BCUT2D eigenvalue weighted by Crippen LogP contribution is -2.51. The minimum Gasteiger partial charge on any atom is -0.445 e. The van der Waals surface area contributed by atoms with Crippen LogP contribution in [0.4, 0.5) is 32.9 Å². The Morgan fingerprint density at radius 3 is 2.02 bits per heavy atom. The second kappa shape index (κ2) is 13.2. The SMILES string of the molecule is Cc1ccc(Nc2cc(N3CCN(C(=O)OCc4ccccc4)CC3)nc(N3CCN(C(=O)OC(C)(C)C)CC3)n2)cc1. The van der Waals surface area contributed by atoms with Crippen LogP contribution < -0.4 is 15.1 Å². The van der Waals surface area contributed by atoms with Crippen LogP contribution in [0.15, 0.2) is 60.7 Å². The van der Waals surface area contributed by atoms with E-state index in [0.717, 1.165) is 17.1 Å². The van der Waals surface area contributed by atoms with Crippen molar-refractivity contribution in [2.24, 2.45) is 0 Å². The smallest absolute Gasteiger partial charge is 0.410 e. The summed E-state index contributed by atoms with van der Waals surface area (Å²) in [7, 11) is 0. The normalized spacial score (nSPS) is 15.7. The fourth-order valence-electron chi connectivity index (χ4n) is 4.92. The van der Waals surface area contributed by atoms with Gasteiger partial charge in [0.05, 0.1) is 0 Å². The zero-order chi connectivity index (χ0) is 30.4. The van der Waals surface area contributed by atoms with Gasteiger partial charge >= 0.3 is 12.2 Å². The van der Waals surface area contributed by atoms with E-state index < -0.39 is 5.60 Å². The molecule has 1 aromatic heterocycles. The van der Waals surface area contributed by atoms with Gasteiger partial charge < -0.3 is 34.4 Å². The maximum Gasteiger partial charge on any atom is 0.410 e. The first-order chi connectivity index (χ1) is 20.6. The summed E-state index contributed by atoms with van der Waals surface area (Å²) in [5.74, 6) is 2.07. The van der Waals surface area contributed by atoms with Gasteiger partial charge in [0.15, 0.2) is 0 Å². The van der Waals surface area contributed by atoms with Crippen LogP contribution in [0, 0.1) is 6.92 Å². The zero-order valence-electron chi connectivity index (χ0n) is 25.5. The average molecular weight is 588 g/mol. The molecule has 0 bridgehead atoms. The number of amides is 2. The molecule has 0 radical (unpaired) electrons. The topological polar surface area (TPSA) is 103 Å². The standard InChI is InChI=1S/C32H41N7O4/c1-24-10-12-26(13-11-24)33-27-22-28(35-29(34-27)37-16-20-39(21-17-37)31(41)43-32(2,3)4)36-14-18-38(19-15-36)30(40)42-23-25-8-6-5-7-9-25/h5-13,22H,14-21,23H2,1-4H3,(H,33,34,35). The molecule has 5 rings (SSSR count). The van der Waals surface area contributed by atoms with Crippen LogP contribution >= 0.6 is 0 Å². The summed E-state index contributed by atoms with van der Waals surface area (Å²) in [4.78, 5) is 42.8. The Morgan fingerprint density at radius 1 is 0.791 bits per heavy atom. The summed E-state index contributed by atoms with van der Waals surface area (Å²) in [6.45, 7) is 12.4. The number of aryl methyl sites for hydroxylation is 1. The lowest BCUT2D eigenvalue weighted by atomic mass is 10.2. The van der Waals surface area contributed by atoms with Crippen LogP contribution in [0.3, 0.4) is 0 Å². The largest absolute Gasteiger partial charge is 0.445 e. The first-order valence-electron chi connectivity index (χ1n) is 14.8. The van der Waals surface area contributed by atoms with E-state index in [9.17, 15) is 9.59 Å². The van der Waals surface area contributed by atoms with Gasteiger partial charge in [-0.25, -0.2) is 9.59 Å². The van der Waals surface area contributed by atoms with Gasteiger partial charge in [0.1, 0.15) is 23.8 Å². The van der Waals surface area contributed by atoms with Gasteiger partial charge in [-0.3, -0.25) is 0 Å². The number of hydrogen-bond acceptors (Lipinski definition) is 9. The van der Waals surface area contributed by atoms with Crippen molar-refractivity contribution in [3.63, 3.8) is 0 Å². The van der Waals surface area contributed by atoms with Gasteiger partial charge in [-0.1, -0.05) is 48.0 Å². The quantitative estimate of drug-likeness (QED) is 0.425. The summed E-state index contributed by atoms with van der Waals surface area (Å²) in [6, 6.07) is 19.8. The Bertz CT molecular complexity index is 1380. The van der Waals surface area contributed by atoms with Crippen molar-refractivity contribution in [2.45, 2.75) is 39.9 Å². The number of rotatable bonds is 6. The molecule has 0 saturated carbocycles. The number of ether oxygens (including phenoxy) is 2. The Kier molecular flexibility index (Phi) is 9.18. The van der Waals surface area contributed by atoms with Gasteiger partial charge in [-0.15, -0.1) is 0 Å². The van der Waals surface area contributed by atoms with E-state index in [0.29, 0.717) is 64.1 Å². The first-order valence-corrected chi connectivity index (χ1v) is 14.8. The lowest BCUT2D eigenvalue weighted by molar-refractivity contribution is 0.0240. The van der Waals surface area contributed by atoms with Crippen molar-refractivity contribution in [3.8, 4) is 0 Å². The molecule has 11 heteroatoms. The number of piperazine rings is 2. The third-order valence-corrected chi connectivity index (χ3v) is 7.31. The zero-order valence-corrected chi connectivity index (χ0v) is 25.5. The maximum atomic E-state index is 12.7. The number of hydrogen-bond donors (Lipinski definition) is 1. The molecule has 2 aliphatic heterocycles. The summed E-state index contributed by atoms with van der Waals surface area (Å²) in [5, 5.41) is 3.43. The van der Waals surface area contributed by atoms with E-state index >= 15 is 0 Å². The monoisotopic (exact) mass is 587 g/mol. The Balaban J connectivity index is 1.26. The van der Waals surface area contributed by atoms with Gasteiger partial charge in [0, 0.05) is 64.1 Å². The van der Waals surface area contributed by atoms with Crippen molar-refractivity contribution in [2.75, 3.05) is 67.5 Å². The molecule has 0 atom stereocenters. The van der Waals surface area contributed by atoms with E-state index in [2.05, 4.69) is 34.2 Å². The van der Waals surface area contributed by atoms with Crippen molar-refractivity contribution >= 4 is 35.5 Å². The molecule has 0 spiro atoms. The molecule has 2 saturated heterocycles. The van der Waals surface area contributed by atoms with Crippen LogP contribution in [-0.4, -0.2) is 89.9 Å². The summed E-state index contributed by atoms with van der Waals surface area (Å²) in [6.07, 6.45) is -0.611. The molecule has 228 valence electrons. The highest BCUT2D eigenvalue weighted by atomic mass is 16.6. The third kappa shape index (κ3) is 8.27. The average Bonchev–Trinajstić information content (AvgIpc) is 3.01. The van der Waals surface area contributed by atoms with Crippen molar-refractivity contribution < 1.29 is 19.1 Å². The molecule has 2 aromatic carbocycles. The van der Waals surface area contributed by atoms with Crippen molar-refractivity contribution in [1.29, 1.82) is 0 Å². The number of carbonyl (C=O) groups is 2.